The quantitative estimate of drug-likeness (QED) is 0.897. The summed E-state index contributed by atoms with van der Waals surface area (Å²) < 4.78 is 0. The summed E-state index contributed by atoms with van der Waals surface area (Å²) in [5, 5.41) is 3.28. The smallest absolute Gasteiger partial charge is 0.317 e. The third-order valence-corrected chi connectivity index (χ3v) is 5.68. The van der Waals surface area contributed by atoms with Gasteiger partial charge in [-0.15, -0.1) is 0 Å². The summed E-state index contributed by atoms with van der Waals surface area (Å²) in [6, 6.07) is 9.22. The van der Waals surface area contributed by atoms with Crippen LogP contribution in [0.25, 0.3) is 0 Å². The molecule has 132 valence electrons. The number of nitrogens with zero attached hydrogens (tertiary/aromatic N) is 2. The number of hydrogen-bond donors (Lipinski definition) is 1. The lowest BCUT2D eigenvalue weighted by molar-refractivity contribution is 0.142. The summed E-state index contributed by atoms with van der Waals surface area (Å²) >= 11 is 0. The highest BCUT2D eigenvalue weighted by Gasteiger charge is 2.46. The minimum atomic E-state index is -0.129. The van der Waals surface area contributed by atoms with E-state index in [1.807, 2.05) is 11.9 Å². The first-order chi connectivity index (χ1) is 11.5. The van der Waals surface area contributed by atoms with Crippen molar-refractivity contribution in [2.75, 3.05) is 26.7 Å². The van der Waals surface area contributed by atoms with Gasteiger partial charge in [0.15, 0.2) is 0 Å². The standard InChI is InChI=1S/C20H31N3O/c1-16-7-6-9-18(15-16)20(10-11-20)21-19(24)22(3)13-14-23-12-5-4-8-17(23)2/h6-7,9,15,17H,4-5,8,10-14H2,1-3H3,(H,21,24)/t17-/m0/s1. The van der Waals surface area contributed by atoms with E-state index in [0.29, 0.717) is 6.04 Å². The molecule has 1 heterocycles. The number of rotatable bonds is 5. The van der Waals surface area contributed by atoms with Crippen LogP contribution in [0.2, 0.25) is 0 Å². The average Bonchev–Trinajstić information content (AvgIpc) is 3.34. The molecule has 0 radical (unpaired) electrons. The number of amides is 2. The van der Waals surface area contributed by atoms with Gasteiger partial charge in [-0.2, -0.15) is 0 Å². The number of aryl methyl sites for hydroxylation is 1. The van der Waals surface area contributed by atoms with Gasteiger partial charge < -0.3 is 10.2 Å². The third kappa shape index (κ3) is 3.92. The predicted molar refractivity (Wildman–Crippen MR) is 98.1 cm³/mol. The lowest BCUT2D eigenvalue weighted by Crippen LogP contribution is -2.47. The van der Waals surface area contributed by atoms with Crippen LogP contribution in [-0.2, 0) is 5.54 Å². The Hall–Kier alpha value is -1.55. The summed E-state index contributed by atoms with van der Waals surface area (Å²) in [5.41, 5.74) is 2.37. The van der Waals surface area contributed by atoms with E-state index in [0.717, 1.165) is 25.9 Å². The van der Waals surface area contributed by atoms with Gasteiger partial charge in [-0.25, -0.2) is 4.79 Å². The van der Waals surface area contributed by atoms with Crippen LogP contribution in [0.5, 0.6) is 0 Å². The lowest BCUT2D eigenvalue weighted by atomic mass is 10.0. The monoisotopic (exact) mass is 329 g/mol. The second kappa shape index (κ2) is 7.14. The summed E-state index contributed by atoms with van der Waals surface area (Å²) in [4.78, 5) is 17.0. The van der Waals surface area contributed by atoms with Crippen molar-refractivity contribution in [2.24, 2.45) is 0 Å². The van der Waals surface area contributed by atoms with Crippen molar-refractivity contribution < 1.29 is 4.79 Å². The number of likely N-dealkylation sites (tertiary alicyclic amines) is 1. The van der Waals surface area contributed by atoms with E-state index < -0.39 is 0 Å². The number of hydrogen-bond acceptors (Lipinski definition) is 2. The van der Waals surface area contributed by atoms with Gasteiger partial charge in [0, 0.05) is 26.2 Å². The molecule has 2 amide bonds. The van der Waals surface area contributed by atoms with Gasteiger partial charge in [0.2, 0.25) is 0 Å². The average molecular weight is 329 g/mol. The molecule has 0 spiro atoms. The molecule has 2 fully saturated rings. The SMILES string of the molecule is Cc1cccc(C2(NC(=O)N(C)CCN3CCCC[C@@H]3C)CC2)c1. The van der Waals surface area contributed by atoms with E-state index >= 15 is 0 Å². The van der Waals surface area contributed by atoms with Gasteiger partial charge in [-0.1, -0.05) is 36.2 Å². The normalized spacial score (nSPS) is 22.9. The Kier molecular flexibility index (Phi) is 5.14. The van der Waals surface area contributed by atoms with Crippen LogP contribution in [-0.4, -0.2) is 48.6 Å². The van der Waals surface area contributed by atoms with Crippen LogP contribution in [0.15, 0.2) is 24.3 Å². The molecule has 24 heavy (non-hydrogen) atoms. The van der Waals surface area contributed by atoms with Crippen LogP contribution < -0.4 is 5.32 Å². The number of carbonyl (C=O) groups is 1. The molecule has 1 saturated carbocycles. The van der Waals surface area contributed by atoms with Crippen molar-refractivity contribution in [1.29, 1.82) is 0 Å². The zero-order valence-corrected chi connectivity index (χ0v) is 15.3. The maximum atomic E-state index is 12.6. The van der Waals surface area contributed by atoms with E-state index in [4.69, 9.17) is 0 Å². The molecule has 1 aliphatic heterocycles. The van der Waals surface area contributed by atoms with Gasteiger partial charge in [-0.05, 0) is 51.6 Å². The Morgan fingerprint density at radius 1 is 1.38 bits per heavy atom. The maximum Gasteiger partial charge on any atom is 0.317 e. The second-order valence-corrected chi connectivity index (χ2v) is 7.68. The molecule has 1 N–H and O–H groups in total. The lowest BCUT2D eigenvalue weighted by Gasteiger charge is -2.34. The highest BCUT2D eigenvalue weighted by molar-refractivity contribution is 5.75. The maximum absolute atomic E-state index is 12.6. The van der Waals surface area contributed by atoms with Gasteiger partial charge in [0.1, 0.15) is 0 Å². The van der Waals surface area contributed by atoms with Crippen molar-refractivity contribution in [1.82, 2.24) is 15.1 Å². The largest absolute Gasteiger partial charge is 0.328 e. The molecule has 4 nitrogen and oxygen atoms in total. The van der Waals surface area contributed by atoms with Crippen molar-refractivity contribution in [3.63, 3.8) is 0 Å². The van der Waals surface area contributed by atoms with Gasteiger partial charge in [0.05, 0.1) is 5.54 Å². The molecule has 1 aromatic rings. The molecule has 1 atom stereocenters. The third-order valence-electron chi connectivity index (χ3n) is 5.68. The summed E-state index contributed by atoms with van der Waals surface area (Å²) in [6.07, 6.45) is 5.99. The number of urea groups is 1. The molecular weight excluding hydrogens is 298 g/mol. The number of benzene rings is 1. The fourth-order valence-corrected chi connectivity index (χ4v) is 3.72. The summed E-state index contributed by atoms with van der Waals surface area (Å²) in [7, 11) is 1.91. The Morgan fingerprint density at radius 2 is 2.17 bits per heavy atom. The highest BCUT2D eigenvalue weighted by atomic mass is 16.2. The van der Waals surface area contributed by atoms with Crippen molar-refractivity contribution in [3.8, 4) is 0 Å². The fourth-order valence-electron chi connectivity index (χ4n) is 3.72. The van der Waals surface area contributed by atoms with Crippen LogP contribution in [0.3, 0.4) is 0 Å². The Balaban J connectivity index is 1.52. The van der Waals surface area contributed by atoms with Crippen molar-refractivity contribution in [2.45, 2.75) is 57.5 Å². The number of carbonyl (C=O) groups excluding carboxylic acids is 1. The number of piperidine rings is 1. The second-order valence-electron chi connectivity index (χ2n) is 7.68. The molecule has 0 bridgehead atoms. The summed E-state index contributed by atoms with van der Waals surface area (Å²) in [5.74, 6) is 0. The Labute approximate surface area is 146 Å². The molecule has 1 saturated heterocycles. The molecule has 2 aliphatic rings. The van der Waals surface area contributed by atoms with Gasteiger partial charge in [-0.3, -0.25) is 4.90 Å². The fraction of sp³-hybridized carbons (Fsp3) is 0.650. The molecule has 4 heteroatoms. The molecular formula is C20H31N3O. The highest BCUT2D eigenvalue weighted by Crippen LogP contribution is 2.45. The van der Waals surface area contributed by atoms with E-state index in [-0.39, 0.29) is 11.6 Å². The molecule has 1 aromatic carbocycles. The zero-order valence-electron chi connectivity index (χ0n) is 15.3. The molecule has 3 rings (SSSR count). The van der Waals surface area contributed by atoms with Crippen LogP contribution in [0.4, 0.5) is 4.79 Å². The first-order valence-electron chi connectivity index (χ1n) is 9.35. The van der Waals surface area contributed by atoms with Crippen molar-refractivity contribution in [3.05, 3.63) is 35.4 Å². The Morgan fingerprint density at radius 3 is 2.83 bits per heavy atom. The van der Waals surface area contributed by atoms with Crippen molar-refractivity contribution >= 4 is 6.03 Å². The first-order valence-corrected chi connectivity index (χ1v) is 9.35. The van der Waals surface area contributed by atoms with Crippen LogP contribution in [0.1, 0.15) is 50.2 Å². The molecule has 1 aliphatic carbocycles. The first kappa shape index (κ1) is 17.3. The minimum absolute atomic E-state index is 0.0543. The van der Waals surface area contributed by atoms with E-state index in [2.05, 4.69) is 48.3 Å². The van der Waals surface area contributed by atoms with E-state index in [1.54, 1.807) is 0 Å². The molecule has 0 unspecified atom stereocenters. The van der Waals surface area contributed by atoms with Gasteiger partial charge >= 0.3 is 6.03 Å². The number of likely N-dealkylation sites (N-methyl/N-ethyl adjacent to an activating group) is 1. The minimum Gasteiger partial charge on any atom is -0.328 e. The zero-order chi connectivity index (χ0) is 17.2. The molecule has 0 aromatic heterocycles. The van der Waals surface area contributed by atoms with Crippen LogP contribution in [0, 0.1) is 6.92 Å². The predicted octanol–water partition coefficient (Wildman–Crippen LogP) is 3.50. The van der Waals surface area contributed by atoms with Gasteiger partial charge in [0.25, 0.3) is 0 Å². The topological polar surface area (TPSA) is 35.6 Å². The summed E-state index contributed by atoms with van der Waals surface area (Å²) in [6.45, 7) is 7.34. The van der Waals surface area contributed by atoms with E-state index in [9.17, 15) is 4.79 Å². The Bertz CT molecular complexity index is 582. The van der Waals surface area contributed by atoms with E-state index in [1.165, 1.54) is 36.9 Å². The number of nitrogens with one attached hydrogen (secondary N) is 1. The van der Waals surface area contributed by atoms with Crippen LogP contribution >= 0.6 is 0 Å².